The first-order valence-electron chi connectivity index (χ1n) is 5.72. The minimum Gasteiger partial charge on any atom is -0.479 e. The lowest BCUT2D eigenvalue weighted by Crippen LogP contribution is -2.34. The largest absolute Gasteiger partial charge is 0.479 e. The minimum absolute atomic E-state index is 0.233. The number of rotatable bonds is 4. The summed E-state index contributed by atoms with van der Waals surface area (Å²) in [6, 6.07) is 1.62. The first kappa shape index (κ1) is 12.6. The number of hydrogen-bond donors (Lipinski definition) is 2. The highest BCUT2D eigenvalue weighted by Gasteiger charge is 2.30. The standard InChI is InChI=1S/C11H15N3O4/c1-14-8(4-5-13-14)10(15)12-6-7-2-3-9(18-7)11(16)17/h4-5,7,9H,2-3,6H2,1H3,(H,12,15)(H,16,17). The second-order valence-corrected chi connectivity index (χ2v) is 4.21. The lowest BCUT2D eigenvalue weighted by Gasteiger charge is -2.12. The molecular formula is C11H15N3O4. The van der Waals surface area contributed by atoms with Crippen molar-refractivity contribution in [2.45, 2.75) is 25.0 Å². The van der Waals surface area contributed by atoms with Crippen molar-refractivity contribution in [1.82, 2.24) is 15.1 Å². The zero-order valence-electron chi connectivity index (χ0n) is 10.00. The fourth-order valence-electron chi connectivity index (χ4n) is 1.93. The van der Waals surface area contributed by atoms with Crippen LogP contribution < -0.4 is 5.32 Å². The van der Waals surface area contributed by atoms with Crippen molar-refractivity contribution in [2.24, 2.45) is 7.05 Å². The number of ether oxygens (including phenoxy) is 1. The summed E-state index contributed by atoms with van der Waals surface area (Å²) in [5, 5.41) is 15.4. The van der Waals surface area contributed by atoms with Crippen LogP contribution in [0, 0.1) is 0 Å². The van der Waals surface area contributed by atoms with Crippen LogP contribution in [0.1, 0.15) is 23.3 Å². The highest BCUT2D eigenvalue weighted by atomic mass is 16.5. The average molecular weight is 253 g/mol. The second kappa shape index (κ2) is 5.18. The quantitative estimate of drug-likeness (QED) is 0.774. The maximum Gasteiger partial charge on any atom is 0.332 e. The van der Waals surface area contributed by atoms with Gasteiger partial charge in [0.15, 0.2) is 6.10 Å². The number of nitrogens with zero attached hydrogens (tertiary/aromatic N) is 2. The van der Waals surface area contributed by atoms with Gasteiger partial charge in [-0.2, -0.15) is 5.10 Å². The summed E-state index contributed by atoms with van der Waals surface area (Å²) in [6.07, 6.45) is 1.69. The number of carboxylic acids is 1. The van der Waals surface area contributed by atoms with E-state index >= 15 is 0 Å². The van der Waals surface area contributed by atoms with Gasteiger partial charge in [0.05, 0.1) is 6.10 Å². The van der Waals surface area contributed by atoms with Crippen molar-refractivity contribution in [2.75, 3.05) is 6.54 Å². The van der Waals surface area contributed by atoms with Crippen LogP contribution in [0.2, 0.25) is 0 Å². The van der Waals surface area contributed by atoms with Crippen LogP contribution in [0.25, 0.3) is 0 Å². The molecule has 18 heavy (non-hydrogen) atoms. The predicted molar refractivity (Wildman–Crippen MR) is 61.1 cm³/mol. The molecule has 0 aliphatic carbocycles. The summed E-state index contributed by atoms with van der Waals surface area (Å²) >= 11 is 0. The normalized spacial score (nSPS) is 22.9. The lowest BCUT2D eigenvalue weighted by atomic mass is 10.2. The molecule has 1 fully saturated rings. The van der Waals surface area contributed by atoms with E-state index in [1.54, 1.807) is 19.3 Å². The van der Waals surface area contributed by atoms with E-state index in [0.717, 1.165) is 0 Å². The summed E-state index contributed by atoms with van der Waals surface area (Å²) in [5.41, 5.74) is 0.461. The Morgan fingerprint density at radius 3 is 2.94 bits per heavy atom. The molecule has 1 aromatic heterocycles. The topological polar surface area (TPSA) is 93.5 Å². The monoisotopic (exact) mass is 253 g/mol. The zero-order valence-corrected chi connectivity index (χ0v) is 10.00. The summed E-state index contributed by atoms with van der Waals surface area (Å²) in [5.74, 6) is -1.19. The van der Waals surface area contributed by atoms with E-state index in [1.807, 2.05) is 0 Å². The van der Waals surface area contributed by atoms with Gasteiger partial charge in [0.1, 0.15) is 5.69 Å². The Kier molecular flexibility index (Phi) is 3.61. The van der Waals surface area contributed by atoms with E-state index in [4.69, 9.17) is 9.84 Å². The van der Waals surface area contributed by atoms with Crippen LogP contribution >= 0.6 is 0 Å². The summed E-state index contributed by atoms with van der Waals surface area (Å²) in [4.78, 5) is 22.4. The van der Waals surface area contributed by atoms with Gasteiger partial charge in [0.25, 0.3) is 5.91 Å². The van der Waals surface area contributed by atoms with Crippen LogP contribution in [0.3, 0.4) is 0 Å². The molecule has 1 saturated heterocycles. The molecule has 1 aliphatic rings. The van der Waals surface area contributed by atoms with E-state index in [-0.39, 0.29) is 12.0 Å². The maximum absolute atomic E-state index is 11.8. The molecule has 1 amide bonds. The van der Waals surface area contributed by atoms with Gasteiger partial charge in [0.2, 0.25) is 0 Å². The van der Waals surface area contributed by atoms with Gasteiger partial charge < -0.3 is 15.2 Å². The number of nitrogens with one attached hydrogen (secondary N) is 1. The van der Waals surface area contributed by atoms with E-state index in [0.29, 0.717) is 25.1 Å². The molecule has 7 heteroatoms. The SMILES string of the molecule is Cn1nccc1C(=O)NCC1CCC(C(=O)O)O1. The number of aliphatic carboxylic acids is 1. The number of aromatic nitrogens is 2. The fraction of sp³-hybridized carbons (Fsp3) is 0.545. The molecule has 0 radical (unpaired) electrons. The zero-order chi connectivity index (χ0) is 13.1. The molecule has 0 spiro atoms. The molecule has 1 aliphatic heterocycles. The van der Waals surface area contributed by atoms with Gasteiger partial charge >= 0.3 is 5.97 Å². The molecule has 2 heterocycles. The highest BCUT2D eigenvalue weighted by Crippen LogP contribution is 2.19. The Morgan fingerprint density at radius 2 is 2.39 bits per heavy atom. The average Bonchev–Trinajstić information content (AvgIpc) is 2.94. The molecule has 7 nitrogen and oxygen atoms in total. The fourth-order valence-corrected chi connectivity index (χ4v) is 1.93. The maximum atomic E-state index is 11.8. The van der Waals surface area contributed by atoms with Crippen LogP contribution in [0.5, 0.6) is 0 Å². The van der Waals surface area contributed by atoms with E-state index in [1.165, 1.54) is 4.68 Å². The van der Waals surface area contributed by atoms with Crippen molar-refractivity contribution < 1.29 is 19.4 Å². The molecule has 0 saturated carbocycles. The number of carboxylic acid groups (broad SMARTS) is 1. The molecule has 1 aromatic rings. The first-order valence-corrected chi connectivity index (χ1v) is 5.72. The number of carbonyl (C=O) groups excluding carboxylic acids is 1. The number of aryl methyl sites for hydroxylation is 1. The van der Waals surface area contributed by atoms with E-state index in [9.17, 15) is 9.59 Å². The van der Waals surface area contributed by atoms with E-state index < -0.39 is 12.1 Å². The van der Waals surface area contributed by atoms with Gasteiger partial charge in [-0.3, -0.25) is 9.48 Å². The van der Waals surface area contributed by atoms with Crippen LogP contribution in [-0.4, -0.2) is 45.5 Å². The summed E-state index contributed by atoms with van der Waals surface area (Å²) in [7, 11) is 1.68. The Balaban J connectivity index is 1.81. The lowest BCUT2D eigenvalue weighted by molar-refractivity contribution is -0.149. The van der Waals surface area contributed by atoms with E-state index in [2.05, 4.69) is 10.4 Å². The Bertz CT molecular complexity index is 457. The van der Waals surface area contributed by atoms with Crippen molar-refractivity contribution >= 4 is 11.9 Å². The second-order valence-electron chi connectivity index (χ2n) is 4.21. The van der Waals surface area contributed by atoms with Gasteiger partial charge in [-0.15, -0.1) is 0 Å². The van der Waals surface area contributed by atoms with Gasteiger partial charge in [-0.1, -0.05) is 0 Å². The van der Waals surface area contributed by atoms with Crippen LogP contribution in [0.4, 0.5) is 0 Å². The third-order valence-electron chi connectivity index (χ3n) is 2.93. The Morgan fingerprint density at radius 1 is 1.61 bits per heavy atom. The molecular weight excluding hydrogens is 238 g/mol. The Hall–Kier alpha value is -1.89. The van der Waals surface area contributed by atoms with Crippen molar-refractivity contribution in [3.8, 4) is 0 Å². The first-order chi connectivity index (χ1) is 8.58. The molecule has 2 unspecified atom stereocenters. The Labute approximate surface area is 104 Å². The van der Waals surface area contributed by atoms with Gasteiger partial charge in [-0.25, -0.2) is 4.79 Å². The molecule has 98 valence electrons. The molecule has 2 atom stereocenters. The smallest absolute Gasteiger partial charge is 0.332 e. The van der Waals surface area contributed by atoms with Gasteiger partial charge in [-0.05, 0) is 18.9 Å². The molecule has 2 N–H and O–H groups in total. The third-order valence-corrected chi connectivity index (χ3v) is 2.93. The third kappa shape index (κ3) is 2.67. The summed E-state index contributed by atoms with van der Waals surface area (Å²) < 4.78 is 6.76. The number of hydrogen-bond acceptors (Lipinski definition) is 4. The highest BCUT2D eigenvalue weighted by molar-refractivity contribution is 5.92. The van der Waals surface area contributed by atoms with Crippen molar-refractivity contribution in [1.29, 1.82) is 0 Å². The minimum atomic E-state index is -0.949. The van der Waals surface area contributed by atoms with Crippen molar-refractivity contribution in [3.05, 3.63) is 18.0 Å². The van der Waals surface area contributed by atoms with Crippen LogP contribution in [0.15, 0.2) is 12.3 Å². The number of carbonyl (C=O) groups is 2. The predicted octanol–water partition coefficient (Wildman–Crippen LogP) is -0.218. The summed E-state index contributed by atoms with van der Waals surface area (Å²) in [6.45, 7) is 0.313. The molecule has 2 rings (SSSR count). The number of amides is 1. The van der Waals surface area contributed by atoms with Crippen LogP contribution in [-0.2, 0) is 16.6 Å². The van der Waals surface area contributed by atoms with Crippen molar-refractivity contribution in [3.63, 3.8) is 0 Å². The molecule has 0 bridgehead atoms. The van der Waals surface area contributed by atoms with Gasteiger partial charge in [0, 0.05) is 19.8 Å². The molecule has 0 aromatic carbocycles.